The first kappa shape index (κ1) is 13.9. The van der Waals surface area contributed by atoms with Crippen molar-refractivity contribution < 1.29 is 4.74 Å². The standard InChI is InChI=1S/C15H24N4OS/c1-17-14(11-6-7-11)16-19(15(17)21)10-18-8-9-20-13-5-3-2-4-12(13)18/h11-13H,2-10H2,1H3/t12-,13+/m0/s1. The van der Waals surface area contributed by atoms with E-state index in [2.05, 4.69) is 16.5 Å². The predicted molar refractivity (Wildman–Crippen MR) is 82.7 cm³/mol. The molecule has 1 aromatic rings. The molecule has 0 spiro atoms. The summed E-state index contributed by atoms with van der Waals surface area (Å²) in [5, 5.41) is 4.80. The van der Waals surface area contributed by atoms with E-state index in [1.54, 1.807) is 0 Å². The summed E-state index contributed by atoms with van der Waals surface area (Å²) in [5.74, 6) is 1.82. The lowest BCUT2D eigenvalue weighted by Gasteiger charge is -2.43. The fraction of sp³-hybridized carbons (Fsp3) is 0.867. The Balaban J connectivity index is 1.54. The summed E-state index contributed by atoms with van der Waals surface area (Å²) < 4.78 is 10.9. The molecule has 1 aliphatic heterocycles. The highest BCUT2D eigenvalue weighted by Gasteiger charge is 2.35. The number of morpholine rings is 1. The van der Waals surface area contributed by atoms with Crippen molar-refractivity contribution in [2.75, 3.05) is 13.2 Å². The molecule has 3 aliphatic rings. The van der Waals surface area contributed by atoms with Gasteiger partial charge in [0, 0.05) is 25.6 Å². The van der Waals surface area contributed by atoms with Gasteiger partial charge >= 0.3 is 0 Å². The molecule has 0 amide bonds. The minimum Gasteiger partial charge on any atom is -0.375 e. The zero-order valence-corrected chi connectivity index (χ0v) is 13.5. The molecule has 1 aromatic heterocycles. The van der Waals surface area contributed by atoms with E-state index in [1.807, 2.05) is 4.68 Å². The molecule has 3 fully saturated rings. The Morgan fingerprint density at radius 2 is 2.05 bits per heavy atom. The summed E-state index contributed by atoms with van der Waals surface area (Å²) in [7, 11) is 2.06. The van der Waals surface area contributed by atoms with Crippen LogP contribution in [0.25, 0.3) is 0 Å². The Hall–Kier alpha value is -0.720. The van der Waals surface area contributed by atoms with Gasteiger partial charge in [-0.25, -0.2) is 4.68 Å². The number of nitrogens with zero attached hydrogens (tertiary/aromatic N) is 4. The molecule has 4 rings (SSSR count). The Labute approximate surface area is 130 Å². The minimum atomic E-state index is 0.424. The topological polar surface area (TPSA) is 35.2 Å². The van der Waals surface area contributed by atoms with Gasteiger partial charge < -0.3 is 9.30 Å². The van der Waals surface area contributed by atoms with Crippen LogP contribution < -0.4 is 0 Å². The lowest BCUT2D eigenvalue weighted by Crippen LogP contribution is -2.52. The Bertz CT molecular complexity index is 575. The van der Waals surface area contributed by atoms with Crippen molar-refractivity contribution in [2.24, 2.45) is 7.05 Å². The average Bonchev–Trinajstić information content (AvgIpc) is 3.31. The monoisotopic (exact) mass is 308 g/mol. The van der Waals surface area contributed by atoms with Gasteiger partial charge in [-0.1, -0.05) is 12.8 Å². The summed E-state index contributed by atoms with van der Waals surface area (Å²) in [4.78, 5) is 2.53. The van der Waals surface area contributed by atoms with Crippen molar-refractivity contribution in [1.82, 2.24) is 19.2 Å². The maximum Gasteiger partial charge on any atom is 0.198 e. The van der Waals surface area contributed by atoms with Crippen molar-refractivity contribution in [3.8, 4) is 0 Å². The highest BCUT2D eigenvalue weighted by atomic mass is 32.1. The molecule has 21 heavy (non-hydrogen) atoms. The number of hydrogen-bond acceptors (Lipinski definition) is 4. The van der Waals surface area contributed by atoms with Crippen LogP contribution in [0.1, 0.15) is 50.3 Å². The third kappa shape index (κ3) is 2.58. The molecule has 0 N–H and O–H groups in total. The Morgan fingerprint density at radius 1 is 1.24 bits per heavy atom. The van der Waals surface area contributed by atoms with Crippen LogP contribution in [-0.2, 0) is 18.5 Å². The predicted octanol–water partition coefficient (Wildman–Crippen LogP) is 2.43. The van der Waals surface area contributed by atoms with E-state index >= 15 is 0 Å². The van der Waals surface area contributed by atoms with E-state index in [0.29, 0.717) is 18.1 Å². The fourth-order valence-electron chi connectivity index (χ4n) is 3.82. The molecule has 0 unspecified atom stereocenters. The van der Waals surface area contributed by atoms with E-state index < -0.39 is 0 Å². The van der Waals surface area contributed by atoms with Gasteiger partial charge in [0.25, 0.3) is 0 Å². The lowest BCUT2D eigenvalue weighted by atomic mass is 9.90. The smallest absolute Gasteiger partial charge is 0.198 e. The van der Waals surface area contributed by atoms with Crippen molar-refractivity contribution in [3.63, 3.8) is 0 Å². The molecule has 5 nitrogen and oxygen atoms in total. The number of rotatable bonds is 3. The molecule has 0 aromatic carbocycles. The van der Waals surface area contributed by atoms with Crippen LogP contribution in [0.5, 0.6) is 0 Å². The van der Waals surface area contributed by atoms with Gasteiger partial charge in [-0.2, -0.15) is 5.10 Å². The molecule has 0 radical (unpaired) electrons. The van der Waals surface area contributed by atoms with E-state index in [9.17, 15) is 0 Å². The second kappa shape index (κ2) is 5.48. The van der Waals surface area contributed by atoms with Crippen LogP contribution >= 0.6 is 12.2 Å². The normalized spacial score (nSPS) is 30.3. The van der Waals surface area contributed by atoms with Crippen LogP contribution in [0.3, 0.4) is 0 Å². The van der Waals surface area contributed by atoms with E-state index in [4.69, 9.17) is 22.1 Å². The highest BCUT2D eigenvalue weighted by molar-refractivity contribution is 7.71. The van der Waals surface area contributed by atoms with E-state index in [-0.39, 0.29) is 0 Å². The maximum atomic E-state index is 5.95. The summed E-state index contributed by atoms with van der Waals surface area (Å²) in [5.41, 5.74) is 0. The average molecular weight is 308 g/mol. The van der Waals surface area contributed by atoms with Gasteiger partial charge in [-0.15, -0.1) is 0 Å². The first-order valence-electron chi connectivity index (χ1n) is 8.23. The van der Waals surface area contributed by atoms with Crippen LogP contribution in [0.15, 0.2) is 0 Å². The molecule has 2 heterocycles. The second-order valence-electron chi connectivity index (χ2n) is 6.69. The molecule has 2 aliphatic carbocycles. The highest BCUT2D eigenvalue weighted by Crippen LogP contribution is 2.39. The third-order valence-electron chi connectivity index (χ3n) is 5.18. The van der Waals surface area contributed by atoms with Gasteiger partial charge in [0.05, 0.1) is 19.4 Å². The van der Waals surface area contributed by atoms with Crippen molar-refractivity contribution in [2.45, 2.75) is 63.3 Å². The number of ether oxygens (including phenoxy) is 1. The molecule has 116 valence electrons. The van der Waals surface area contributed by atoms with E-state index in [1.165, 1.54) is 44.3 Å². The molecule has 6 heteroatoms. The zero-order valence-electron chi connectivity index (χ0n) is 12.7. The maximum absolute atomic E-state index is 5.95. The SMILES string of the molecule is Cn1c(C2CC2)nn(CN2CCO[C@@H]3CCCC[C@@H]32)c1=S. The Morgan fingerprint density at radius 3 is 2.86 bits per heavy atom. The van der Waals surface area contributed by atoms with Crippen molar-refractivity contribution >= 4 is 12.2 Å². The summed E-state index contributed by atoms with van der Waals surface area (Å²) in [6.45, 7) is 2.67. The third-order valence-corrected chi connectivity index (χ3v) is 5.66. The molecule has 1 saturated heterocycles. The first-order chi connectivity index (χ1) is 10.2. The summed E-state index contributed by atoms with van der Waals surface area (Å²) in [6, 6.07) is 0.556. The molecule has 0 bridgehead atoms. The van der Waals surface area contributed by atoms with Gasteiger partial charge in [-0.3, -0.25) is 4.90 Å². The van der Waals surface area contributed by atoms with Crippen LogP contribution in [-0.4, -0.2) is 44.5 Å². The lowest BCUT2D eigenvalue weighted by molar-refractivity contribution is -0.0994. The quantitative estimate of drug-likeness (QED) is 0.804. The van der Waals surface area contributed by atoms with Crippen molar-refractivity contribution in [1.29, 1.82) is 0 Å². The van der Waals surface area contributed by atoms with Gasteiger partial charge in [-0.05, 0) is 37.9 Å². The Kier molecular flexibility index (Phi) is 3.63. The van der Waals surface area contributed by atoms with Crippen LogP contribution in [0, 0.1) is 4.77 Å². The number of aromatic nitrogens is 3. The largest absolute Gasteiger partial charge is 0.375 e. The van der Waals surface area contributed by atoms with Crippen molar-refractivity contribution in [3.05, 3.63) is 10.6 Å². The van der Waals surface area contributed by atoms with Gasteiger partial charge in [0.2, 0.25) is 0 Å². The van der Waals surface area contributed by atoms with Crippen LogP contribution in [0.2, 0.25) is 0 Å². The number of fused-ring (bicyclic) bond motifs is 1. The molecule has 2 saturated carbocycles. The molecular weight excluding hydrogens is 284 g/mol. The van der Waals surface area contributed by atoms with Gasteiger partial charge in [0.15, 0.2) is 4.77 Å². The summed E-state index contributed by atoms with van der Waals surface area (Å²) >= 11 is 5.58. The first-order valence-corrected chi connectivity index (χ1v) is 8.64. The summed E-state index contributed by atoms with van der Waals surface area (Å²) in [6.07, 6.45) is 8.05. The fourth-order valence-corrected chi connectivity index (χ4v) is 4.01. The zero-order chi connectivity index (χ0) is 14.4. The van der Waals surface area contributed by atoms with E-state index in [0.717, 1.165) is 24.6 Å². The minimum absolute atomic E-state index is 0.424. The molecule has 2 atom stereocenters. The van der Waals surface area contributed by atoms with Crippen LogP contribution in [0.4, 0.5) is 0 Å². The number of hydrogen-bond donors (Lipinski definition) is 0. The molecular formula is C15H24N4OS. The van der Waals surface area contributed by atoms with Gasteiger partial charge in [0.1, 0.15) is 5.82 Å². The second-order valence-corrected chi connectivity index (χ2v) is 7.05.